The molecule has 112 valence electrons. The quantitative estimate of drug-likeness (QED) is 0.727. The van der Waals surface area contributed by atoms with E-state index < -0.39 is 0 Å². The fraction of sp³-hybridized carbons (Fsp3) is 0.294. The van der Waals surface area contributed by atoms with E-state index in [-0.39, 0.29) is 0 Å². The zero-order valence-corrected chi connectivity index (χ0v) is 13.4. The molecular formula is C17H18N4S. The van der Waals surface area contributed by atoms with Crippen molar-refractivity contribution in [3.8, 4) is 0 Å². The number of benzene rings is 1. The van der Waals surface area contributed by atoms with Crippen LogP contribution in [0.3, 0.4) is 0 Å². The zero-order valence-electron chi connectivity index (χ0n) is 12.6. The zero-order chi connectivity index (χ0) is 14.9. The maximum Gasteiger partial charge on any atom is 0.225 e. The predicted molar refractivity (Wildman–Crippen MR) is 93.0 cm³/mol. The van der Waals surface area contributed by atoms with Crippen LogP contribution in [0.15, 0.2) is 42.0 Å². The average molecular weight is 310 g/mol. The largest absolute Gasteiger partial charge is 0.367 e. The molecule has 1 fully saturated rings. The van der Waals surface area contributed by atoms with E-state index in [4.69, 9.17) is 0 Å². The van der Waals surface area contributed by atoms with Crippen LogP contribution in [0.4, 0.5) is 11.6 Å². The van der Waals surface area contributed by atoms with Crippen LogP contribution in [0.1, 0.15) is 5.56 Å². The van der Waals surface area contributed by atoms with Crippen molar-refractivity contribution < 1.29 is 0 Å². The maximum atomic E-state index is 4.44. The van der Waals surface area contributed by atoms with Crippen LogP contribution in [0.5, 0.6) is 0 Å². The highest BCUT2D eigenvalue weighted by atomic mass is 32.1. The Balaban J connectivity index is 1.52. The molecule has 3 aromatic rings. The molecule has 0 amide bonds. The van der Waals surface area contributed by atoms with Crippen molar-refractivity contribution in [3.05, 3.63) is 47.6 Å². The number of piperazine rings is 1. The highest BCUT2D eigenvalue weighted by Gasteiger charge is 2.20. The van der Waals surface area contributed by atoms with E-state index in [1.807, 2.05) is 30.7 Å². The Labute approximate surface area is 134 Å². The van der Waals surface area contributed by atoms with E-state index in [1.165, 1.54) is 15.8 Å². The van der Waals surface area contributed by atoms with Crippen molar-refractivity contribution in [1.29, 1.82) is 0 Å². The van der Waals surface area contributed by atoms with Crippen LogP contribution in [-0.2, 0) is 0 Å². The van der Waals surface area contributed by atoms with Crippen molar-refractivity contribution in [2.24, 2.45) is 0 Å². The summed E-state index contributed by atoms with van der Waals surface area (Å²) in [7, 11) is 0. The number of nitrogens with zero attached hydrogens (tertiary/aromatic N) is 4. The minimum atomic E-state index is 0.846. The molecule has 4 rings (SSSR count). The second-order valence-electron chi connectivity index (χ2n) is 5.64. The van der Waals surface area contributed by atoms with Crippen molar-refractivity contribution in [1.82, 2.24) is 9.97 Å². The third-order valence-corrected chi connectivity index (χ3v) is 5.03. The Kier molecular flexibility index (Phi) is 3.42. The van der Waals surface area contributed by atoms with Gasteiger partial charge in [0.15, 0.2) is 0 Å². The summed E-state index contributed by atoms with van der Waals surface area (Å²) in [5.74, 6) is 0.846. The monoisotopic (exact) mass is 310 g/mol. The number of aryl methyl sites for hydroxylation is 1. The third kappa shape index (κ3) is 2.41. The van der Waals surface area contributed by atoms with Gasteiger partial charge in [0.25, 0.3) is 0 Å². The number of hydrogen-bond acceptors (Lipinski definition) is 5. The summed E-state index contributed by atoms with van der Waals surface area (Å²) >= 11 is 1.81. The van der Waals surface area contributed by atoms with Gasteiger partial charge < -0.3 is 9.80 Å². The molecule has 0 unspecified atom stereocenters. The Bertz CT molecular complexity index is 773. The smallest absolute Gasteiger partial charge is 0.225 e. The molecule has 1 aliphatic rings. The lowest BCUT2D eigenvalue weighted by atomic mass is 10.2. The normalized spacial score (nSPS) is 15.5. The van der Waals surface area contributed by atoms with Gasteiger partial charge in [-0.05, 0) is 36.1 Å². The molecular weight excluding hydrogens is 292 g/mol. The fourth-order valence-electron chi connectivity index (χ4n) is 2.95. The Morgan fingerprint density at radius 3 is 2.45 bits per heavy atom. The van der Waals surface area contributed by atoms with Gasteiger partial charge in [0, 0.05) is 54.3 Å². The summed E-state index contributed by atoms with van der Waals surface area (Å²) in [6, 6.07) is 8.81. The molecule has 0 radical (unpaired) electrons. The van der Waals surface area contributed by atoms with Crippen LogP contribution in [0.2, 0.25) is 0 Å². The van der Waals surface area contributed by atoms with E-state index in [1.54, 1.807) is 0 Å². The molecule has 5 heteroatoms. The summed E-state index contributed by atoms with van der Waals surface area (Å²) in [6.07, 6.45) is 3.78. The van der Waals surface area contributed by atoms with Gasteiger partial charge >= 0.3 is 0 Å². The third-order valence-electron chi connectivity index (χ3n) is 4.14. The van der Waals surface area contributed by atoms with Crippen LogP contribution in [0.25, 0.3) is 10.1 Å². The summed E-state index contributed by atoms with van der Waals surface area (Å²) in [5, 5.41) is 3.54. The fourth-order valence-corrected chi connectivity index (χ4v) is 3.76. The molecule has 1 saturated heterocycles. The SMILES string of the molecule is Cc1cnc(N2CCN(c3cccc4sccc34)CC2)nc1. The molecule has 0 aliphatic carbocycles. The molecule has 0 N–H and O–H groups in total. The molecule has 3 heterocycles. The molecule has 0 spiro atoms. The number of rotatable bonds is 2. The topological polar surface area (TPSA) is 32.3 Å². The van der Waals surface area contributed by atoms with Gasteiger partial charge in [-0.25, -0.2) is 9.97 Å². The second kappa shape index (κ2) is 5.57. The van der Waals surface area contributed by atoms with E-state index >= 15 is 0 Å². The first-order valence-corrected chi connectivity index (χ1v) is 8.44. The predicted octanol–water partition coefficient (Wildman–Crippen LogP) is 3.33. The van der Waals surface area contributed by atoms with Crippen LogP contribution < -0.4 is 9.80 Å². The summed E-state index contributed by atoms with van der Waals surface area (Å²) in [5.41, 5.74) is 2.45. The number of aromatic nitrogens is 2. The Morgan fingerprint density at radius 1 is 0.955 bits per heavy atom. The summed E-state index contributed by atoms with van der Waals surface area (Å²) in [6.45, 7) is 5.95. The first kappa shape index (κ1) is 13.5. The lowest BCUT2D eigenvalue weighted by Crippen LogP contribution is -2.47. The molecule has 0 saturated carbocycles. The molecule has 1 aliphatic heterocycles. The first-order chi connectivity index (χ1) is 10.8. The van der Waals surface area contributed by atoms with Crippen LogP contribution in [0, 0.1) is 6.92 Å². The number of fused-ring (bicyclic) bond motifs is 1. The van der Waals surface area contributed by atoms with Crippen LogP contribution >= 0.6 is 11.3 Å². The minimum absolute atomic E-state index is 0.846. The molecule has 1 aromatic carbocycles. The molecule has 22 heavy (non-hydrogen) atoms. The van der Waals surface area contributed by atoms with Crippen molar-refractivity contribution in [2.75, 3.05) is 36.0 Å². The second-order valence-corrected chi connectivity index (χ2v) is 6.59. The lowest BCUT2D eigenvalue weighted by molar-refractivity contribution is 0.641. The van der Waals surface area contributed by atoms with Gasteiger partial charge in [0.05, 0.1) is 0 Å². The van der Waals surface area contributed by atoms with Gasteiger partial charge in [0.2, 0.25) is 5.95 Å². The molecule has 0 atom stereocenters. The number of hydrogen-bond donors (Lipinski definition) is 0. The maximum absolute atomic E-state index is 4.44. The van der Waals surface area contributed by atoms with E-state index in [9.17, 15) is 0 Å². The highest BCUT2D eigenvalue weighted by molar-refractivity contribution is 7.17. The lowest BCUT2D eigenvalue weighted by Gasteiger charge is -2.36. The standard InChI is InChI=1S/C17H18N4S/c1-13-11-18-17(19-12-13)21-8-6-20(7-9-21)15-3-2-4-16-14(15)5-10-22-16/h2-5,10-12H,6-9H2,1H3. The number of anilines is 2. The van der Waals surface area contributed by atoms with Crippen molar-refractivity contribution in [2.45, 2.75) is 6.92 Å². The van der Waals surface area contributed by atoms with Gasteiger partial charge in [-0.15, -0.1) is 11.3 Å². The van der Waals surface area contributed by atoms with Crippen molar-refractivity contribution >= 4 is 33.1 Å². The van der Waals surface area contributed by atoms with Gasteiger partial charge in [0.1, 0.15) is 0 Å². The van der Waals surface area contributed by atoms with Gasteiger partial charge in [-0.2, -0.15) is 0 Å². The summed E-state index contributed by atoms with van der Waals surface area (Å²) < 4.78 is 1.36. The molecule has 2 aromatic heterocycles. The Morgan fingerprint density at radius 2 is 1.68 bits per heavy atom. The number of thiophene rings is 1. The van der Waals surface area contributed by atoms with Gasteiger partial charge in [-0.3, -0.25) is 0 Å². The molecule has 0 bridgehead atoms. The Hall–Kier alpha value is -2.14. The molecule has 4 nitrogen and oxygen atoms in total. The van der Waals surface area contributed by atoms with Crippen LogP contribution in [-0.4, -0.2) is 36.1 Å². The minimum Gasteiger partial charge on any atom is -0.367 e. The van der Waals surface area contributed by atoms with Gasteiger partial charge in [-0.1, -0.05) is 6.07 Å². The average Bonchev–Trinajstić information content (AvgIpc) is 3.04. The van der Waals surface area contributed by atoms with E-state index in [0.717, 1.165) is 37.7 Å². The van der Waals surface area contributed by atoms with E-state index in [0.29, 0.717) is 0 Å². The highest BCUT2D eigenvalue weighted by Crippen LogP contribution is 2.31. The first-order valence-electron chi connectivity index (χ1n) is 7.56. The van der Waals surface area contributed by atoms with Crippen molar-refractivity contribution in [3.63, 3.8) is 0 Å². The van der Waals surface area contributed by atoms with E-state index in [2.05, 4.69) is 49.4 Å². The summed E-state index contributed by atoms with van der Waals surface area (Å²) in [4.78, 5) is 13.6.